The first-order valence-electron chi connectivity index (χ1n) is 7.13. The number of aryl methyl sites for hydroxylation is 1. The van der Waals surface area contributed by atoms with Crippen LogP contribution in [0.4, 0.5) is 17.5 Å². The topological polar surface area (TPSA) is 87.4 Å². The number of nitrogens with one attached hydrogen (secondary N) is 1. The monoisotopic (exact) mass is 294 g/mol. The molecule has 1 aromatic rings. The van der Waals surface area contributed by atoms with Crippen molar-refractivity contribution in [3.8, 4) is 0 Å². The Kier molecular flexibility index (Phi) is 4.56. The molecule has 1 N–H and O–H groups in total. The molecule has 0 radical (unpaired) electrons. The number of anilines is 2. The highest BCUT2D eigenvalue weighted by Gasteiger charge is 2.31. The number of nitro groups is 1. The minimum Gasteiger partial charge on any atom is -0.357 e. The lowest BCUT2D eigenvalue weighted by Gasteiger charge is -2.39. The Morgan fingerprint density at radius 2 is 2.14 bits per heavy atom. The summed E-state index contributed by atoms with van der Waals surface area (Å²) in [7, 11) is 3.80. The molecule has 1 aliphatic rings. The molecule has 0 amide bonds. The second kappa shape index (κ2) is 6.21. The third-order valence-corrected chi connectivity index (χ3v) is 3.99. The van der Waals surface area contributed by atoms with E-state index in [1.165, 1.54) is 0 Å². The van der Waals surface area contributed by atoms with Crippen LogP contribution >= 0.6 is 0 Å². The summed E-state index contributed by atoms with van der Waals surface area (Å²) in [4.78, 5) is 23.7. The van der Waals surface area contributed by atoms with Crippen LogP contribution < -0.4 is 10.2 Å². The summed E-state index contributed by atoms with van der Waals surface area (Å²) in [5, 5.41) is 14.2. The van der Waals surface area contributed by atoms with Crippen molar-refractivity contribution >= 4 is 17.5 Å². The van der Waals surface area contributed by atoms with Crippen LogP contribution in [-0.2, 0) is 0 Å². The second-order valence-corrected chi connectivity index (χ2v) is 5.30. The molecule has 2 rings (SSSR count). The van der Waals surface area contributed by atoms with Crippen molar-refractivity contribution in [3.05, 3.63) is 15.8 Å². The Hall–Kier alpha value is -1.96. The number of aromatic nitrogens is 2. The van der Waals surface area contributed by atoms with E-state index in [0.717, 1.165) is 26.1 Å². The van der Waals surface area contributed by atoms with Crippen molar-refractivity contribution in [2.45, 2.75) is 26.3 Å². The zero-order valence-electron chi connectivity index (χ0n) is 13.0. The van der Waals surface area contributed by atoms with Gasteiger partial charge in [0.15, 0.2) is 0 Å². The van der Waals surface area contributed by atoms with Crippen LogP contribution in [0, 0.1) is 17.0 Å². The zero-order valence-corrected chi connectivity index (χ0v) is 13.0. The Bertz CT molecular complexity index is 536. The molecule has 1 aliphatic heterocycles. The quantitative estimate of drug-likeness (QED) is 0.660. The standard InChI is InChI=1S/C13H22N6O2/c1-5-10-8-18(7-6-17(10)4)12-11(19(20)21)9(2)15-13(14-3)16-12/h10H,5-8H2,1-4H3,(H,14,15,16). The first kappa shape index (κ1) is 15.4. The van der Waals surface area contributed by atoms with Crippen molar-refractivity contribution in [2.24, 2.45) is 0 Å². The van der Waals surface area contributed by atoms with Crippen LogP contribution in [0.5, 0.6) is 0 Å². The lowest BCUT2D eigenvalue weighted by Crippen LogP contribution is -2.51. The number of nitrogens with zero attached hydrogens (tertiary/aromatic N) is 5. The van der Waals surface area contributed by atoms with Gasteiger partial charge in [-0.2, -0.15) is 4.98 Å². The molecule has 0 aliphatic carbocycles. The fourth-order valence-corrected chi connectivity index (χ4v) is 2.68. The van der Waals surface area contributed by atoms with Gasteiger partial charge < -0.3 is 10.2 Å². The summed E-state index contributed by atoms with van der Waals surface area (Å²) < 4.78 is 0. The van der Waals surface area contributed by atoms with Crippen LogP contribution in [-0.4, -0.2) is 59.6 Å². The first-order valence-corrected chi connectivity index (χ1v) is 7.13. The summed E-state index contributed by atoms with van der Waals surface area (Å²) >= 11 is 0. The van der Waals surface area contributed by atoms with Crippen molar-refractivity contribution < 1.29 is 4.92 Å². The van der Waals surface area contributed by atoms with Gasteiger partial charge in [0.05, 0.1) is 4.92 Å². The molecule has 1 aromatic heterocycles. The third kappa shape index (κ3) is 3.05. The van der Waals surface area contributed by atoms with E-state index < -0.39 is 0 Å². The molecular formula is C13H22N6O2. The van der Waals surface area contributed by atoms with Gasteiger partial charge in [0.1, 0.15) is 5.69 Å². The normalized spacial score (nSPS) is 19.6. The molecule has 21 heavy (non-hydrogen) atoms. The van der Waals surface area contributed by atoms with Gasteiger partial charge in [-0.25, -0.2) is 4.98 Å². The Morgan fingerprint density at radius 1 is 1.43 bits per heavy atom. The van der Waals surface area contributed by atoms with Crippen molar-refractivity contribution in [1.82, 2.24) is 14.9 Å². The van der Waals surface area contributed by atoms with Crippen molar-refractivity contribution in [2.75, 3.05) is 43.9 Å². The number of hydrogen-bond donors (Lipinski definition) is 1. The molecule has 8 heteroatoms. The molecule has 0 spiro atoms. The summed E-state index contributed by atoms with van der Waals surface area (Å²) in [5.41, 5.74) is 0.398. The van der Waals surface area contributed by atoms with Gasteiger partial charge in [0.25, 0.3) is 0 Å². The molecule has 0 saturated carbocycles. The highest BCUT2D eigenvalue weighted by atomic mass is 16.6. The minimum absolute atomic E-state index is 0.00778. The van der Waals surface area contributed by atoms with Gasteiger partial charge >= 0.3 is 5.69 Å². The molecule has 2 heterocycles. The molecule has 8 nitrogen and oxygen atoms in total. The smallest absolute Gasteiger partial charge is 0.332 e. The molecule has 1 unspecified atom stereocenters. The fraction of sp³-hybridized carbons (Fsp3) is 0.692. The molecule has 0 bridgehead atoms. The molecule has 116 valence electrons. The summed E-state index contributed by atoms with van der Waals surface area (Å²) in [6, 6.07) is 0.381. The summed E-state index contributed by atoms with van der Waals surface area (Å²) in [5.74, 6) is 0.837. The number of piperazine rings is 1. The Labute approximate surface area is 124 Å². The Balaban J connectivity index is 2.42. The van der Waals surface area contributed by atoms with E-state index in [2.05, 4.69) is 34.2 Å². The van der Waals surface area contributed by atoms with E-state index in [4.69, 9.17) is 0 Å². The van der Waals surface area contributed by atoms with Crippen LogP contribution in [0.2, 0.25) is 0 Å². The van der Waals surface area contributed by atoms with E-state index >= 15 is 0 Å². The van der Waals surface area contributed by atoms with Gasteiger partial charge in [-0.3, -0.25) is 15.0 Å². The highest BCUT2D eigenvalue weighted by Crippen LogP contribution is 2.31. The summed E-state index contributed by atoms with van der Waals surface area (Å²) in [6.45, 7) is 6.12. The lowest BCUT2D eigenvalue weighted by molar-refractivity contribution is -0.385. The van der Waals surface area contributed by atoms with Crippen LogP contribution in [0.3, 0.4) is 0 Å². The van der Waals surface area contributed by atoms with E-state index in [0.29, 0.717) is 23.5 Å². The Morgan fingerprint density at radius 3 is 2.71 bits per heavy atom. The highest BCUT2D eigenvalue weighted by molar-refractivity contribution is 5.62. The molecule has 1 fully saturated rings. The SMILES string of the molecule is CCC1CN(c2nc(NC)nc(C)c2[N+](=O)[O-])CCN1C. The van der Waals surface area contributed by atoms with Crippen LogP contribution in [0.15, 0.2) is 0 Å². The average molecular weight is 294 g/mol. The van der Waals surface area contributed by atoms with Gasteiger partial charge in [-0.05, 0) is 20.4 Å². The second-order valence-electron chi connectivity index (χ2n) is 5.30. The first-order chi connectivity index (χ1) is 9.97. The summed E-state index contributed by atoms with van der Waals surface area (Å²) in [6.07, 6.45) is 1.00. The maximum atomic E-state index is 11.4. The molecule has 1 saturated heterocycles. The number of likely N-dealkylation sites (N-methyl/N-ethyl adjacent to an activating group) is 1. The largest absolute Gasteiger partial charge is 0.357 e. The maximum absolute atomic E-state index is 11.4. The predicted molar refractivity (Wildman–Crippen MR) is 81.9 cm³/mol. The minimum atomic E-state index is -0.386. The van der Waals surface area contributed by atoms with Crippen LogP contribution in [0.25, 0.3) is 0 Å². The number of rotatable bonds is 4. The van der Waals surface area contributed by atoms with Gasteiger partial charge in [0, 0.05) is 32.7 Å². The van der Waals surface area contributed by atoms with E-state index in [-0.39, 0.29) is 10.6 Å². The maximum Gasteiger partial charge on any atom is 0.332 e. The van der Waals surface area contributed by atoms with Gasteiger partial charge in [0.2, 0.25) is 11.8 Å². The molecule has 0 aromatic carbocycles. The zero-order chi connectivity index (χ0) is 15.6. The van der Waals surface area contributed by atoms with Gasteiger partial charge in [-0.15, -0.1) is 0 Å². The molecule has 1 atom stereocenters. The number of hydrogen-bond acceptors (Lipinski definition) is 7. The van der Waals surface area contributed by atoms with E-state index in [9.17, 15) is 10.1 Å². The average Bonchev–Trinajstić information content (AvgIpc) is 2.46. The van der Waals surface area contributed by atoms with E-state index in [1.54, 1.807) is 14.0 Å². The predicted octanol–water partition coefficient (Wildman–Crippen LogP) is 1.27. The third-order valence-electron chi connectivity index (χ3n) is 3.99. The van der Waals surface area contributed by atoms with E-state index in [1.807, 2.05) is 4.90 Å². The molecular weight excluding hydrogens is 272 g/mol. The van der Waals surface area contributed by atoms with Crippen molar-refractivity contribution in [1.29, 1.82) is 0 Å². The van der Waals surface area contributed by atoms with Crippen molar-refractivity contribution in [3.63, 3.8) is 0 Å². The fourth-order valence-electron chi connectivity index (χ4n) is 2.68. The van der Waals surface area contributed by atoms with Crippen LogP contribution in [0.1, 0.15) is 19.0 Å². The van der Waals surface area contributed by atoms with Gasteiger partial charge in [-0.1, -0.05) is 6.92 Å². The lowest BCUT2D eigenvalue weighted by atomic mass is 10.1.